The lowest BCUT2D eigenvalue weighted by atomic mass is 10.2. The van der Waals surface area contributed by atoms with Gasteiger partial charge < -0.3 is 10.4 Å². The van der Waals surface area contributed by atoms with Crippen LogP contribution in [0.1, 0.15) is 22.5 Å². The third-order valence-corrected chi connectivity index (χ3v) is 2.13. The number of hydrogen-bond acceptors (Lipinski definition) is 3. The lowest BCUT2D eigenvalue weighted by molar-refractivity contribution is -0.133. The molecule has 20 heavy (non-hydrogen) atoms. The van der Waals surface area contributed by atoms with Crippen LogP contribution in [0, 0.1) is 0 Å². The molecule has 2 N–H and O–H groups in total. The van der Waals surface area contributed by atoms with E-state index in [1.54, 1.807) is 0 Å². The molecule has 0 saturated heterocycles. The normalized spacial score (nSPS) is 11.6. The highest BCUT2D eigenvalue weighted by Crippen LogP contribution is 2.18. The zero-order valence-electron chi connectivity index (χ0n) is 10.1. The highest BCUT2D eigenvalue weighted by molar-refractivity contribution is 5.92. The first-order valence-electron chi connectivity index (χ1n) is 5.50. The number of nitrogens with one attached hydrogen (secondary N) is 1. The van der Waals surface area contributed by atoms with Gasteiger partial charge in [-0.2, -0.15) is 13.2 Å². The molecule has 1 aromatic heterocycles. The lowest BCUT2D eigenvalue weighted by Gasteiger charge is -2.07. The summed E-state index contributed by atoms with van der Waals surface area (Å²) in [6.45, 7) is -0.523. The van der Waals surface area contributed by atoms with Crippen LogP contribution in [-0.4, -0.2) is 34.7 Å². The van der Waals surface area contributed by atoms with Crippen molar-refractivity contribution in [1.29, 1.82) is 0 Å². The standard InChI is InChI=1S/C12H11F3N2O3/c13-12(14,15)5-6-16-11(20)9-3-1-8(7-17-9)2-4-10(18)19/h1-4,7H,5-6H2,(H,16,20)(H,18,19). The maximum atomic E-state index is 11.9. The second kappa shape index (κ2) is 6.69. The van der Waals surface area contributed by atoms with Gasteiger partial charge in [0.1, 0.15) is 5.69 Å². The summed E-state index contributed by atoms with van der Waals surface area (Å²) in [6, 6.07) is 2.73. The quantitative estimate of drug-likeness (QED) is 0.811. The van der Waals surface area contributed by atoms with Crippen molar-refractivity contribution in [3.05, 3.63) is 35.7 Å². The van der Waals surface area contributed by atoms with Gasteiger partial charge in [0.2, 0.25) is 0 Å². The van der Waals surface area contributed by atoms with E-state index in [0.717, 1.165) is 6.08 Å². The smallest absolute Gasteiger partial charge is 0.390 e. The first-order chi connectivity index (χ1) is 9.28. The van der Waals surface area contributed by atoms with Crippen molar-refractivity contribution in [3.8, 4) is 0 Å². The van der Waals surface area contributed by atoms with E-state index in [-0.39, 0.29) is 5.69 Å². The first kappa shape index (κ1) is 15.7. The third-order valence-electron chi connectivity index (χ3n) is 2.13. The van der Waals surface area contributed by atoms with Gasteiger partial charge >= 0.3 is 12.1 Å². The zero-order valence-corrected chi connectivity index (χ0v) is 10.1. The number of carbonyl (C=O) groups excluding carboxylic acids is 1. The van der Waals surface area contributed by atoms with Crippen LogP contribution in [0.2, 0.25) is 0 Å². The Balaban J connectivity index is 2.55. The predicted molar refractivity (Wildman–Crippen MR) is 63.9 cm³/mol. The summed E-state index contributed by atoms with van der Waals surface area (Å²) in [5.74, 6) is -1.85. The molecule has 108 valence electrons. The monoisotopic (exact) mass is 288 g/mol. The molecular weight excluding hydrogens is 277 g/mol. The average molecular weight is 288 g/mol. The van der Waals surface area contributed by atoms with Crippen LogP contribution in [0.15, 0.2) is 24.4 Å². The summed E-state index contributed by atoms with van der Waals surface area (Å²) >= 11 is 0. The zero-order chi connectivity index (χ0) is 15.2. The lowest BCUT2D eigenvalue weighted by Crippen LogP contribution is -2.28. The molecule has 0 spiro atoms. The molecule has 1 amide bonds. The summed E-state index contributed by atoms with van der Waals surface area (Å²) in [5.41, 5.74) is 0.416. The first-order valence-corrected chi connectivity index (χ1v) is 5.50. The highest BCUT2D eigenvalue weighted by Gasteiger charge is 2.26. The number of carbonyl (C=O) groups is 2. The number of halogens is 3. The number of aromatic nitrogens is 1. The van der Waals surface area contributed by atoms with E-state index in [1.165, 1.54) is 24.4 Å². The van der Waals surface area contributed by atoms with Gasteiger partial charge in [-0.05, 0) is 17.7 Å². The van der Waals surface area contributed by atoms with Gasteiger partial charge in [-0.1, -0.05) is 6.07 Å². The van der Waals surface area contributed by atoms with Crippen molar-refractivity contribution in [2.45, 2.75) is 12.6 Å². The molecule has 8 heteroatoms. The van der Waals surface area contributed by atoms with Crippen LogP contribution in [0.5, 0.6) is 0 Å². The van der Waals surface area contributed by atoms with E-state index in [4.69, 9.17) is 5.11 Å². The molecule has 0 radical (unpaired) electrons. The Morgan fingerprint density at radius 2 is 2.05 bits per heavy atom. The van der Waals surface area contributed by atoms with Gasteiger partial charge in [-0.15, -0.1) is 0 Å². The number of pyridine rings is 1. The number of alkyl halides is 3. The molecule has 0 atom stereocenters. The molecule has 1 aromatic rings. The molecule has 0 bridgehead atoms. The third kappa shape index (κ3) is 5.98. The Morgan fingerprint density at radius 3 is 2.55 bits per heavy atom. The van der Waals surface area contributed by atoms with E-state index >= 15 is 0 Å². The number of carboxylic acids is 1. The maximum Gasteiger partial charge on any atom is 0.390 e. The summed E-state index contributed by atoms with van der Waals surface area (Å²) in [5, 5.41) is 10.5. The summed E-state index contributed by atoms with van der Waals surface area (Å²) in [7, 11) is 0. The van der Waals surface area contributed by atoms with Crippen molar-refractivity contribution in [1.82, 2.24) is 10.3 Å². The molecular formula is C12H11F3N2O3. The van der Waals surface area contributed by atoms with Crippen molar-refractivity contribution in [2.24, 2.45) is 0 Å². The number of aliphatic carboxylic acids is 1. The van der Waals surface area contributed by atoms with Crippen LogP contribution in [-0.2, 0) is 4.79 Å². The van der Waals surface area contributed by atoms with Crippen molar-refractivity contribution < 1.29 is 27.9 Å². The van der Waals surface area contributed by atoms with Gasteiger partial charge in [0, 0.05) is 18.8 Å². The molecule has 1 rings (SSSR count). The number of nitrogens with zero attached hydrogens (tertiary/aromatic N) is 1. The molecule has 0 aliphatic carbocycles. The largest absolute Gasteiger partial charge is 0.478 e. The minimum absolute atomic E-state index is 0.0420. The van der Waals surface area contributed by atoms with Crippen LogP contribution in [0.3, 0.4) is 0 Å². The van der Waals surface area contributed by atoms with Crippen LogP contribution < -0.4 is 5.32 Å². The van der Waals surface area contributed by atoms with Gasteiger partial charge in [-0.3, -0.25) is 9.78 Å². The molecule has 0 saturated carbocycles. The van der Waals surface area contributed by atoms with Crippen LogP contribution >= 0.6 is 0 Å². The van der Waals surface area contributed by atoms with E-state index in [0.29, 0.717) is 5.56 Å². The SMILES string of the molecule is O=C(O)C=Cc1ccc(C(=O)NCCC(F)(F)F)nc1. The van der Waals surface area contributed by atoms with Gasteiger partial charge in [0.25, 0.3) is 5.91 Å². The van der Waals surface area contributed by atoms with E-state index < -0.39 is 31.0 Å². The molecule has 0 aromatic carbocycles. The Hall–Kier alpha value is -2.38. The number of carboxylic acid groups (broad SMARTS) is 1. The van der Waals surface area contributed by atoms with Crippen molar-refractivity contribution in [2.75, 3.05) is 6.54 Å². The number of hydrogen-bond donors (Lipinski definition) is 2. The van der Waals surface area contributed by atoms with E-state index in [9.17, 15) is 22.8 Å². The Bertz CT molecular complexity index is 510. The molecule has 0 fully saturated rings. The molecule has 0 unspecified atom stereocenters. The summed E-state index contributed by atoms with van der Waals surface area (Å²) in [6.07, 6.45) is -2.01. The minimum atomic E-state index is -4.33. The maximum absolute atomic E-state index is 11.9. The second-order valence-corrected chi connectivity index (χ2v) is 3.77. The van der Waals surface area contributed by atoms with Gasteiger partial charge in [0.05, 0.1) is 6.42 Å². The molecule has 1 heterocycles. The Labute approximate surface area is 112 Å². The van der Waals surface area contributed by atoms with Gasteiger partial charge in [-0.25, -0.2) is 4.79 Å². The molecule has 0 aliphatic rings. The average Bonchev–Trinajstić information content (AvgIpc) is 2.35. The topological polar surface area (TPSA) is 79.3 Å². The van der Waals surface area contributed by atoms with E-state index in [1.807, 2.05) is 0 Å². The fourth-order valence-electron chi connectivity index (χ4n) is 1.21. The second-order valence-electron chi connectivity index (χ2n) is 3.77. The van der Waals surface area contributed by atoms with Crippen molar-refractivity contribution >= 4 is 18.0 Å². The highest BCUT2D eigenvalue weighted by atomic mass is 19.4. The van der Waals surface area contributed by atoms with Crippen LogP contribution in [0.25, 0.3) is 6.08 Å². The predicted octanol–water partition coefficient (Wildman–Crippen LogP) is 1.86. The molecule has 0 aliphatic heterocycles. The molecule has 5 nitrogen and oxygen atoms in total. The van der Waals surface area contributed by atoms with E-state index in [2.05, 4.69) is 10.3 Å². The summed E-state index contributed by atoms with van der Waals surface area (Å²) in [4.78, 5) is 25.5. The number of amides is 1. The van der Waals surface area contributed by atoms with Gasteiger partial charge in [0.15, 0.2) is 0 Å². The summed E-state index contributed by atoms with van der Waals surface area (Å²) < 4.78 is 35.7. The Morgan fingerprint density at radius 1 is 1.35 bits per heavy atom. The fourth-order valence-corrected chi connectivity index (χ4v) is 1.21. The van der Waals surface area contributed by atoms with Crippen LogP contribution in [0.4, 0.5) is 13.2 Å². The fraction of sp³-hybridized carbons (Fsp3) is 0.250. The Kier molecular flexibility index (Phi) is 5.24. The van der Waals surface area contributed by atoms with Crippen molar-refractivity contribution in [3.63, 3.8) is 0 Å². The minimum Gasteiger partial charge on any atom is -0.478 e. The number of rotatable bonds is 5.